The molecular formula is C16H20BrClO2. The van der Waals surface area contributed by atoms with E-state index in [1.807, 2.05) is 18.2 Å². The summed E-state index contributed by atoms with van der Waals surface area (Å²) in [6.07, 6.45) is 6.15. The van der Waals surface area contributed by atoms with Gasteiger partial charge in [0.05, 0.1) is 16.7 Å². The van der Waals surface area contributed by atoms with Gasteiger partial charge in [-0.15, -0.1) is 0 Å². The second kappa shape index (κ2) is 5.96. The second-order valence-corrected chi connectivity index (χ2v) is 7.31. The monoisotopic (exact) mass is 358 g/mol. The van der Waals surface area contributed by atoms with Gasteiger partial charge in [-0.05, 0) is 53.6 Å². The highest BCUT2D eigenvalue weighted by molar-refractivity contribution is 9.10. The summed E-state index contributed by atoms with van der Waals surface area (Å²) in [4.78, 5) is 0. The summed E-state index contributed by atoms with van der Waals surface area (Å²) in [6, 6.07) is 5.76. The van der Waals surface area contributed by atoms with Crippen molar-refractivity contribution >= 4 is 27.5 Å². The maximum atomic E-state index is 10.7. The van der Waals surface area contributed by atoms with Crippen LogP contribution in [-0.2, 0) is 4.74 Å². The first-order chi connectivity index (χ1) is 9.61. The number of aliphatic hydroxyl groups is 1. The Hall–Kier alpha value is -0.0900. The molecule has 1 saturated heterocycles. The van der Waals surface area contributed by atoms with Crippen molar-refractivity contribution in [1.29, 1.82) is 0 Å². The summed E-state index contributed by atoms with van der Waals surface area (Å²) in [5.41, 5.74) is 0.864. The van der Waals surface area contributed by atoms with Crippen molar-refractivity contribution in [2.24, 2.45) is 5.92 Å². The molecule has 0 radical (unpaired) electrons. The second-order valence-electron chi connectivity index (χ2n) is 6.08. The Labute approximate surface area is 133 Å². The van der Waals surface area contributed by atoms with Gasteiger partial charge in [0.2, 0.25) is 0 Å². The lowest BCUT2D eigenvalue weighted by molar-refractivity contribution is -0.113. The lowest BCUT2D eigenvalue weighted by atomic mass is 9.80. The summed E-state index contributed by atoms with van der Waals surface area (Å²) >= 11 is 9.75. The van der Waals surface area contributed by atoms with Crippen molar-refractivity contribution in [3.8, 4) is 0 Å². The summed E-state index contributed by atoms with van der Waals surface area (Å²) in [7, 11) is 0. The Bertz CT molecular complexity index is 485. The molecule has 2 nitrogen and oxygen atoms in total. The Morgan fingerprint density at radius 3 is 2.85 bits per heavy atom. The van der Waals surface area contributed by atoms with E-state index in [-0.39, 0.29) is 11.5 Å². The molecule has 1 aromatic carbocycles. The largest absolute Gasteiger partial charge is 0.388 e. The predicted molar refractivity (Wildman–Crippen MR) is 84.0 cm³/mol. The summed E-state index contributed by atoms with van der Waals surface area (Å²) in [5.74, 6) is 0.244. The van der Waals surface area contributed by atoms with Crippen LogP contribution in [0.1, 0.15) is 50.2 Å². The molecule has 110 valence electrons. The van der Waals surface area contributed by atoms with Gasteiger partial charge in [-0.2, -0.15) is 0 Å². The average molecular weight is 360 g/mol. The lowest BCUT2D eigenvalue weighted by Gasteiger charge is -2.40. The molecule has 2 atom stereocenters. The zero-order valence-corrected chi connectivity index (χ0v) is 13.8. The molecule has 2 fully saturated rings. The molecule has 2 aliphatic rings. The molecule has 1 aromatic rings. The Kier molecular flexibility index (Phi) is 4.42. The number of halogens is 2. The quantitative estimate of drug-likeness (QED) is 0.816. The van der Waals surface area contributed by atoms with Gasteiger partial charge in [0.1, 0.15) is 0 Å². The fourth-order valence-corrected chi connectivity index (χ4v) is 4.33. The number of hydrogen-bond acceptors (Lipinski definition) is 2. The van der Waals surface area contributed by atoms with Crippen LogP contribution in [-0.4, -0.2) is 17.3 Å². The van der Waals surface area contributed by atoms with Gasteiger partial charge in [0.25, 0.3) is 0 Å². The van der Waals surface area contributed by atoms with Crippen LogP contribution in [0.2, 0.25) is 5.02 Å². The standard InChI is InChI=1S/C16H20BrClO2/c17-13-5-3-4-12(14(13)18)15(19)11-6-9-20-16(10-11)7-1-2-8-16/h3-5,11,15,19H,1-2,6-10H2. The van der Waals surface area contributed by atoms with Crippen LogP contribution >= 0.6 is 27.5 Å². The molecule has 0 amide bonds. The molecule has 1 spiro atoms. The molecule has 1 saturated carbocycles. The molecule has 1 heterocycles. The molecule has 0 bridgehead atoms. The highest BCUT2D eigenvalue weighted by atomic mass is 79.9. The molecule has 20 heavy (non-hydrogen) atoms. The van der Waals surface area contributed by atoms with Crippen molar-refractivity contribution in [2.45, 2.75) is 50.2 Å². The number of hydrogen-bond donors (Lipinski definition) is 1. The van der Waals surface area contributed by atoms with Gasteiger partial charge >= 0.3 is 0 Å². The smallest absolute Gasteiger partial charge is 0.0834 e. The topological polar surface area (TPSA) is 29.5 Å². The SMILES string of the molecule is OC(c1cccc(Br)c1Cl)C1CCOC2(CCCC2)C1. The van der Waals surface area contributed by atoms with Gasteiger partial charge in [-0.3, -0.25) is 0 Å². The first-order valence-electron chi connectivity index (χ1n) is 7.37. The average Bonchev–Trinajstić information content (AvgIpc) is 2.89. The number of rotatable bonds is 2. The van der Waals surface area contributed by atoms with E-state index in [0.29, 0.717) is 5.02 Å². The fraction of sp³-hybridized carbons (Fsp3) is 0.625. The van der Waals surface area contributed by atoms with Crippen LogP contribution in [0, 0.1) is 5.92 Å². The van der Waals surface area contributed by atoms with Crippen LogP contribution in [0.25, 0.3) is 0 Å². The molecule has 1 N–H and O–H groups in total. The third-order valence-corrected chi connectivity index (χ3v) is 6.10. The zero-order chi connectivity index (χ0) is 14.2. The normalized spacial score (nSPS) is 26.9. The van der Waals surface area contributed by atoms with Crippen LogP contribution < -0.4 is 0 Å². The van der Waals surface area contributed by atoms with Crippen LogP contribution in [0.4, 0.5) is 0 Å². The van der Waals surface area contributed by atoms with E-state index in [0.717, 1.165) is 42.3 Å². The van der Waals surface area contributed by atoms with E-state index in [2.05, 4.69) is 15.9 Å². The van der Waals surface area contributed by atoms with Crippen molar-refractivity contribution in [3.05, 3.63) is 33.3 Å². The van der Waals surface area contributed by atoms with E-state index in [9.17, 15) is 5.11 Å². The third kappa shape index (κ3) is 2.78. The van der Waals surface area contributed by atoms with Crippen molar-refractivity contribution < 1.29 is 9.84 Å². The van der Waals surface area contributed by atoms with E-state index >= 15 is 0 Å². The van der Waals surface area contributed by atoms with Gasteiger partial charge in [-0.25, -0.2) is 0 Å². The lowest BCUT2D eigenvalue weighted by Crippen LogP contribution is -2.39. The fourth-order valence-electron chi connectivity index (χ4n) is 3.71. The summed E-state index contributed by atoms with van der Waals surface area (Å²) in [5, 5.41) is 11.4. The van der Waals surface area contributed by atoms with E-state index < -0.39 is 6.10 Å². The number of aliphatic hydroxyl groups excluding tert-OH is 1. The number of ether oxygens (including phenoxy) is 1. The molecule has 3 rings (SSSR count). The molecule has 2 unspecified atom stereocenters. The highest BCUT2D eigenvalue weighted by Crippen LogP contribution is 2.46. The molecule has 4 heteroatoms. The molecular weight excluding hydrogens is 340 g/mol. The molecule has 1 aliphatic heterocycles. The van der Waals surface area contributed by atoms with Gasteiger partial charge in [0.15, 0.2) is 0 Å². The first kappa shape index (κ1) is 14.8. The van der Waals surface area contributed by atoms with Gasteiger partial charge in [0, 0.05) is 16.6 Å². The maximum absolute atomic E-state index is 10.7. The number of benzene rings is 1. The van der Waals surface area contributed by atoms with Crippen molar-refractivity contribution in [3.63, 3.8) is 0 Å². The van der Waals surface area contributed by atoms with Crippen molar-refractivity contribution in [1.82, 2.24) is 0 Å². The third-order valence-electron chi connectivity index (χ3n) is 4.79. The first-order valence-corrected chi connectivity index (χ1v) is 8.54. The van der Waals surface area contributed by atoms with Crippen LogP contribution in [0.5, 0.6) is 0 Å². The van der Waals surface area contributed by atoms with Gasteiger partial charge in [-0.1, -0.05) is 36.6 Å². The maximum Gasteiger partial charge on any atom is 0.0834 e. The minimum atomic E-state index is -0.499. The Balaban J connectivity index is 1.79. The summed E-state index contributed by atoms with van der Waals surface area (Å²) < 4.78 is 6.89. The Morgan fingerprint density at radius 2 is 2.10 bits per heavy atom. The van der Waals surface area contributed by atoms with E-state index in [1.54, 1.807) is 0 Å². The van der Waals surface area contributed by atoms with E-state index in [4.69, 9.17) is 16.3 Å². The minimum absolute atomic E-state index is 0.0301. The van der Waals surface area contributed by atoms with Crippen LogP contribution in [0.3, 0.4) is 0 Å². The molecule has 0 aromatic heterocycles. The predicted octanol–water partition coefficient (Wildman–Crippen LogP) is 4.88. The molecule has 1 aliphatic carbocycles. The Morgan fingerprint density at radius 1 is 1.35 bits per heavy atom. The highest BCUT2D eigenvalue weighted by Gasteiger charge is 2.42. The van der Waals surface area contributed by atoms with Gasteiger partial charge < -0.3 is 9.84 Å². The van der Waals surface area contributed by atoms with E-state index in [1.165, 1.54) is 12.8 Å². The van der Waals surface area contributed by atoms with Crippen LogP contribution in [0.15, 0.2) is 22.7 Å². The summed E-state index contributed by atoms with van der Waals surface area (Å²) in [6.45, 7) is 0.757. The van der Waals surface area contributed by atoms with Crippen molar-refractivity contribution in [2.75, 3.05) is 6.61 Å². The minimum Gasteiger partial charge on any atom is -0.388 e. The zero-order valence-electron chi connectivity index (χ0n) is 11.4.